The van der Waals surface area contributed by atoms with E-state index in [2.05, 4.69) is 15.2 Å². The Labute approximate surface area is 83.2 Å². The van der Waals surface area contributed by atoms with E-state index < -0.39 is 0 Å². The third kappa shape index (κ3) is 1.36. The van der Waals surface area contributed by atoms with Crippen LogP contribution in [-0.2, 0) is 0 Å². The Balaban J connectivity index is 2.58. The summed E-state index contributed by atoms with van der Waals surface area (Å²) >= 11 is 6.41. The predicted molar refractivity (Wildman–Crippen MR) is 53.4 cm³/mol. The number of aryl methyl sites for hydroxylation is 1. The van der Waals surface area contributed by atoms with E-state index in [0.29, 0.717) is 10.6 Å². The van der Waals surface area contributed by atoms with Crippen LogP contribution in [0.3, 0.4) is 0 Å². The summed E-state index contributed by atoms with van der Waals surface area (Å²) in [6.07, 6.45) is 1.73. The Morgan fingerprint density at radius 2 is 2.46 bits per heavy atom. The van der Waals surface area contributed by atoms with Crippen molar-refractivity contribution in [2.24, 2.45) is 0 Å². The van der Waals surface area contributed by atoms with Gasteiger partial charge in [0.05, 0.1) is 9.88 Å². The molecule has 3 N–H and O–H groups in total. The number of nitrogens with zero attached hydrogens (tertiary/aromatic N) is 3. The summed E-state index contributed by atoms with van der Waals surface area (Å²) in [6.45, 7) is 1.93. The number of rotatable bonds is 1. The highest BCUT2D eigenvalue weighted by molar-refractivity contribution is 7.71. The summed E-state index contributed by atoms with van der Waals surface area (Å²) in [5.74, 6) is 6.26. The minimum absolute atomic E-state index is 0.404. The number of hydrogen-bond donors (Lipinski definition) is 2. The average molecular weight is 213 g/mol. The third-order valence-corrected chi connectivity index (χ3v) is 2.74. The van der Waals surface area contributed by atoms with Crippen molar-refractivity contribution in [1.29, 1.82) is 0 Å². The first kappa shape index (κ1) is 8.39. The van der Waals surface area contributed by atoms with Gasteiger partial charge in [0.15, 0.2) is 5.82 Å². The van der Waals surface area contributed by atoms with Crippen LogP contribution in [-0.4, -0.2) is 19.9 Å². The van der Waals surface area contributed by atoms with E-state index >= 15 is 0 Å². The molecule has 0 aromatic carbocycles. The largest absolute Gasteiger partial charge is 0.335 e. The van der Waals surface area contributed by atoms with Gasteiger partial charge in [-0.25, -0.2) is 14.8 Å². The molecular weight excluding hydrogens is 206 g/mol. The molecular formula is C6H7N5S2. The van der Waals surface area contributed by atoms with Crippen LogP contribution in [0.5, 0.6) is 0 Å². The number of aromatic amines is 1. The molecule has 0 atom stereocenters. The molecule has 2 aromatic heterocycles. The highest BCUT2D eigenvalue weighted by Gasteiger charge is 2.08. The SMILES string of the molecule is Cc1ncc(-c2n[nH]c(=S)n2N)s1. The molecule has 0 saturated heterocycles. The quantitative estimate of drug-likeness (QED) is 0.549. The average Bonchev–Trinajstić information content (AvgIpc) is 2.62. The van der Waals surface area contributed by atoms with Crippen LogP contribution in [0.4, 0.5) is 0 Å². The molecule has 2 heterocycles. The van der Waals surface area contributed by atoms with Crippen LogP contribution in [0.2, 0.25) is 0 Å². The predicted octanol–water partition coefficient (Wildman–Crippen LogP) is 1.09. The lowest BCUT2D eigenvalue weighted by molar-refractivity contribution is 0.986. The fraction of sp³-hybridized carbons (Fsp3) is 0.167. The maximum atomic E-state index is 5.64. The van der Waals surface area contributed by atoms with Crippen LogP contribution in [0.25, 0.3) is 10.7 Å². The number of nitrogen functional groups attached to an aromatic ring is 1. The smallest absolute Gasteiger partial charge is 0.214 e. The summed E-state index contributed by atoms with van der Waals surface area (Å²) in [4.78, 5) is 5.01. The maximum Gasteiger partial charge on any atom is 0.214 e. The summed E-state index contributed by atoms with van der Waals surface area (Å²) in [5, 5.41) is 7.58. The Morgan fingerprint density at radius 1 is 1.69 bits per heavy atom. The minimum atomic E-state index is 0.404. The number of thiazole rings is 1. The van der Waals surface area contributed by atoms with Crippen LogP contribution < -0.4 is 5.84 Å². The molecule has 68 valence electrons. The lowest BCUT2D eigenvalue weighted by Crippen LogP contribution is -2.09. The van der Waals surface area contributed by atoms with Gasteiger partial charge in [0.25, 0.3) is 0 Å². The summed E-state index contributed by atoms with van der Waals surface area (Å²) in [6, 6.07) is 0. The van der Waals surface area contributed by atoms with Gasteiger partial charge in [-0.1, -0.05) is 0 Å². The van der Waals surface area contributed by atoms with Crippen LogP contribution in [0.15, 0.2) is 6.20 Å². The van der Waals surface area contributed by atoms with Gasteiger partial charge in [0.1, 0.15) is 0 Å². The maximum absolute atomic E-state index is 5.64. The molecule has 0 fully saturated rings. The van der Waals surface area contributed by atoms with Gasteiger partial charge < -0.3 is 5.84 Å². The van der Waals surface area contributed by atoms with E-state index in [4.69, 9.17) is 18.1 Å². The Kier molecular flexibility index (Phi) is 1.89. The summed E-state index contributed by atoms with van der Waals surface area (Å²) in [7, 11) is 0. The van der Waals surface area contributed by atoms with Gasteiger partial charge in [-0.15, -0.1) is 11.3 Å². The van der Waals surface area contributed by atoms with E-state index in [1.807, 2.05) is 6.92 Å². The molecule has 5 nitrogen and oxygen atoms in total. The van der Waals surface area contributed by atoms with Gasteiger partial charge in [0.2, 0.25) is 4.77 Å². The van der Waals surface area contributed by atoms with Crippen LogP contribution in [0, 0.1) is 11.7 Å². The van der Waals surface area contributed by atoms with Crippen molar-refractivity contribution in [3.05, 3.63) is 16.0 Å². The molecule has 7 heteroatoms. The van der Waals surface area contributed by atoms with Crippen molar-refractivity contribution < 1.29 is 0 Å². The van der Waals surface area contributed by atoms with Crippen molar-refractivity contribution >= 4 is 23.6 Å². The van der Waals surface area contributed by atoms with E-state index in [1.165, 1.54) is 16.0 Å². The zero-order valence-electron chi connectivity index (χ0n) is 6.81. The normalized spacial score (nSPS) is 10.5. The van der Waals surface area contributed by atoms with Gasteiger partial charge in [-0.2, -0.15) is 5.10 Å². The fourth-order valence-corrected chi connectivity index (χ4v) is 1.84. The Morgan fingerprint density at radius 3 is 2.92 bits per heavy atom. The highest BCUT2D eigenvalue weighted by Crippen LogP contribution is 2.22. The number of nitrogens with two attached hydrogens (primary N) is 1. The number of aromatic nitrogens is 4. The van der Waals surface area contributed by atoms with Gasteiger partial charge in [-0.05, 0) is 19.1 Å². The van der Waals surface area contributed by atoms with Crippen molar-refractivity contribution in [1.82, 2.24) is 19.9 Å². The third-order valence-electron chi connectivity index (χ3n) is 1.55. The minimum Gasteiger partial charge on any atom is -0.335 e. The second-order valence-electron chi connectivity index (χ2n) is 2.47. The van der Waals surface area contributed by atoms with E-state index in [0.717, 1.165) is 9.88 Å². The monoisotopic (exact) mass is 213 g/mol. The Hall–Kier alpha value is -1.21. The molecule has 0 saturated carbocycles. The van der Waals surface area contributed by atoms with Crippen LogP contribution >= 0.6 is 23.6 Å². The zero-order valence-corrected chi connectivity index (χ0v) is 8.45. The Bertz CT molecular complexity index is 479. The van der Waals surface area contributed by atoms with Crippen molar-refractivity contribution in [3.63, 3.8) is 0 Å². The molecule has 0 radical (unpaired) electrons. The van der Waals surface area contributed by atoms with E-state index in [1.54, 1.807) is 6.20 Å². The first-order valence-corrected chi connectivity index (χ1v) is 4.76. The molecule has 0 bridgehead atoms. The lowest BCUT2D eigenvalue weighted by atomic mass is 10.5. The van der Waals surface area contributed by atoms with Gasteiger partial charge in [0, 0.05) is 6.20 Å². The number of nitrogens with one attached hydrogen (secondary N) is 1. The van der Waals surface area contributed by atoms with Gasteiger partial charge >= 0.3 is 0 Å². The molecule has 0 amide bonds. The van der Waals surface area contributed by atoms with Crippen molar-refractivity contribution in [3.8, 4) is 10.7 Å². The molecule has 0 aliphatic carbocycles. The summed E-state index contributed by atoms with van der Waals surface area (Å²) < 4.78 is 1.74. The first-order chi connectivity index (χ1) is 6.18. The molecule has 0 unspecified atom stereocenters. The number of hydrogen-bond acceptors (Lipinski definition) is 5. The molecule has 0 spiro atoms. The lowest BCUT2D eigenvalue weighted by Gasteiger charge is -1.93. The van der Waals surface area contributed by atoms with Crippen molar-refractivity contribution in [2.45, 2.75) is 6.92 Å². The highest BCUT2D eigenvalue weighted by atomic mass is 32.1. The van der Waals surface area contributed by atoms with Crippen LogP contribution in [0.1, 0.15) is 5.01 Å². The first-order valence-electron chi connectivity index (χ1n) is 3.54. The summed E-state index contributed by atoms with van der Waals surface area (Å²) in [5.41, 5.74) is 0. The molecule has 0 aliphatic heterocycles. The second-order valence-corrected chi connectivity index (χ2v) is 4.09. The zero-order chi connectivity index (χ0) is 9.42. The standard InChI is InChI=1S/C6H7N5S2/c1-3-8-2-4(13-3)5-9-10-6(12)11(5)7/h2H,7H2,1H3,(H,10,12). The molecule has 2 aromatic rings. The second kappa shape index (κ2) is 2.93. The van der Waals surface area contributed by atoms with E-state index in [9.17, 15) is 0 Å². The molecule has 13 heavy (non-hydrogen) atoms. The topological polar surface area (TPSA) is 72.5 Å². The van der Waals surface area contributed by atoms with Crippen molar-refractivity contribution in [2.75, 3.05) is 5.84 Å². The van der Waals surface area contributed by atoms with Gasteiger partial charge in [-0.3, -0.25) is 0 Å². The molecule has 2 rings (SSSR count). The number of H-pyrrole nitrogens is 1. The van der Waals surface area contributed by atoms with E-state index in [-0.39, 0.29) is 0 Å². The molecule has 0 aliphatic rings. The fourth-order valence-electron chi connectivity index (χ4n) is 0.943.